The molecule has 4 rings (SSSR count). The van der Waals surface area contributed by atoms with Crippen LogP contribution in [0, 0.1) is 5.92 Å². The van der Waals surface area contributed by atoms with Crippen LogP contribution in [0.5, 0.6) is 5.75 Å². The Kier molecular flexibility index (Phi) is 10.8. The van der Waals surface area contributed by atoms with Crippen LogP contribution in [0.1, 0.15) is 77.2 Å². The Morgan fingerprint density at radius 2 is 1.64 bits per heavy atom. The number of epoxide rings is 1. The predicted molar refractivity (Wildman–Crippen MR) is 157 cm³/mol. The number of rotatable bonds is 13. The van der Waals surface area contributed by atoms with Gasteiger partial charge in [-0.05, 0) is 89.3 Å². The molecule has 4 atom stereocenters. The van der Waals surface area contributed by atoms with Gasteiger partial charge in [-0.1, -0.05) is 23.8 Å². The first-order valence-corrected chi connectivity index (χ1v) is 15.2. The molecule has 10 nitrogen and oxygen atoms in total. The Labute approximate surface area is 248 Å². The second-order valence-electron chi connectivity index (χ2n) is 12.1. The fraction of sp³-hybridized carbons (Fsp3) is 0.625. The third-order valence-electron chi connectivity index (χ3n) is 8.63. The number of carbonyl (C=O) groups excluding carboxylic acids is 4. The van der Waals surface area contributed by atoms with E-state index in [2.05, 4.69) is 22.0 Å². The third-order valence-corrected chi connectivity index (χ3v) is 8.63. The topological polar surface area (TPSA) is 146 Å². The highest BCUT2D eigenvalue weighted by atomic mass is 16.6. The van der Waals surface area contributed by atoms with Crippen molar-refractivity contribution in [2.24, 2.45) is 5.92 Å². The van der Waals surface area contributed by atoms with Gasteiger partial charge in [0.2, 0.25) is 17.7 Å². The molecule has 1 aromatic carbocycles. The minimum absolute atomic E-state index is 0.171. The molecule has 3 aliphatic rings. The van der Waals surface area contributed by atoms with Gasteiger partial charge < -0.3 is 30.5 Å². The third kappa shape index (κ3) is 8.64. The number of methoxy groups -OCH3 is 1. The van der Waals surface area contributed by atoms with Crippen molar-refractivity contribution in [1.29, 1.82) is 0 Å². The Morgan fingerprint density at radius 1 is 0.976 bits per heavy atom. The van der Waals surface area contributed by atoms with Gasteiger partial charge in [-0.3, -0.25) is 19.2 Å². The summed E-state index contributed by atoms with van der Waals surface area (Å²) >= 11 is 0. The lowest BCUT2D eigenvalue weighted by Crippen LogP contribution is -2.57. The minimum atomic E-state index is -0.987. The molecule has 0 unspecified atom stereocenters. The molecule has 10 heteroatoms. The number of allylic oxidation sites excluding steroid dienone is 1. The van der Waals surface area contributed by atoms with Crippen LogP contribution >= 0.6 is 0 Å². The maximum absolute atomic E-state index is 13.8. The van der Waals surface area contributed by atoms with Gasteiger partial charge >= 0.3 is 0 Å². The molecule has 4 N–H and O–H groups in total. The number of hydrogen-bond donors (Lipinski definition) is 4. The molecule has 1 saturated carbocycles. The zero-order valence-corrected chi connectivity index (χ0v) is 24.9. The standard InChI is InChI=1S/C32H45N3O7/c1-20(33-30(39)23-11-13-24(36)14-12-23)29(38)35-27(18-22-9-15-25(41-3)16-10-22)31(40)34-26(28(37)32(2)19-42-32)17-21-7-5-4-6-8-21/h7,9-10,15-16,20,23-24,26-27,36H,4-6,8,11-14,17-19H2,1-3H3,(H,33,39)(H,34,40)(H,35,38)/t20-,23?,24?,26+,27+,32-/m1/s1. The molecule has 0 radical (unpaired) electrons. The molecular weight excluding hydrogens is 538 g/mol. The number of aliphatic hydroxyl groups excluding tert-OH is 1. The molecule has 3 amide bonds. The number of carbonyl (C=O) groups is 4. The van der Waals surface area contributed by atoms with Gasteiger partial charge in [0.25, 0.3) is 0 Å². The van der Waals surface area contributed by atoms with Gasteiger partial charge in [0, 0.05) is 12.3 Å². The zero-order valence-electron chi connectivity index (χ0n) is 24.9. The number of hydrogen-bond acceptors (Lipinski definition) is 7. The lowest BCUT2D eigenvalue weighted by molar-refractivity contribution is -0.134. The smallest absolute Gasteiger partial charge is 0.243 e. The fourth-order valence-corrected chi connectivity index (χ4v) is 5.69. The highest BCUT2D eigenvalue weighted by Gasteiger charge is 2.50. The zero-order chi connectivity index (χ0) is 30.3. The number of benzene rings is 1. The van der Waals surface area contributed by atoms with Crippen molar-refractivity contribution in [3.63, 3.8) is 0 Å². The molecule has 0 bridgehead atoms. The molecule has 230 valence electrons. The van der Waals surface area contributed by atoms with Crippen molar-refractivity contribution < 1.29 is 33.8 Å². The van der Waals surface area contributed by atoms with Gasteiger partial charge in [-0.25, -0.2) is 0 Å². The van der Waals surface area contributed by atoms with Crippen LogP contribution in [0.4, 0.5) is 0 Å². The first-order chi connectivity index (χ1) is 20.1. The first-order valence-electron chi connectivity index (χ1n) is 15.2. The van der Waals surface area contributed by atoms with Crippen LogP contribution < -0.4 is 20.7 Å². The molecule has 0 aromatic heterocycles. The maximum atomic E-state index is 13.8. The summed E-state index contributed by atoms with van der Waals surface area (Å²) in [5.41, 5.74) is 1.03. The lowest BCUT2D eigenvalue weighted by atomic mass is 9.87. The van der Waals surface area contributed by atoms with Crippen molar-refractivity contribution in [2.45, 2.75) is 108 Å². The Morgan fingerprint density at radius 3 is 2.24 bits per heavy atom. The number of Topliss-reactive ketones (excluding diaryl/α,β-unsaturated/α-hetero) is 1. The van der Waals surface area contributed by atoms with Crippen molar-refractivity contribution in [3.8, 4) is 5.75 Å². The van der Waals surface area contributed by atoms with Crippen LogP contribution in [-0.2, 0) is 30.3 Å². The summed E-state index contributed by atoms with van der Waals surface area (Å²) in [6.45, 7) is 3.64. The van der Waals surface area contributed by atoms with E-state index >= 15 is 0 Å². The molecule has 2 fully saturated rings. The van der Waals surface area contributed by atoms with Crippen LogP contribution in [-0.4, -0.2) is 72.2 Å². The fourth-order valence-electron chi connectivity index (χ4n) is 5.69. The van der Waals surface area contributed by atoms with Crippen LogP contribution in [0.25, 0.3) is 0 Å². The first kappa shape index (κ1) is 31.7. The lowest BCUT2D eigenvalue weighted by Gasteiger charge is -2.27. The Bertz CT molecular complexity index is 1150. The average molecular weight is 584 g/mol. The van der Waals surface area contributed by atoms with E-state index < -0.39 is 35.5 Å². The van der Waals surface area contributed by atoms with Crippen molar-refractivity contribution in [3.05, 3.63) is 41.5 Å². The molecule has 1 aliphatic heterocycles. The van der Waals surface area contributed by atoms with E-state index in [1.165, 1.54) is 0 Å². The van der Waals surface area contributed by atoms with Gasteiger partial charge in [0.1, 0.15) is 23.4 Å². The Balaban J connectivity index is 1.47. The second-order valence-corrected chi connectivity index (χ2v) is 12.1. The molecular formula is C32H45N3O7. The SMILES string of the molecule is COc1ccc(C[C@H](NC(=O)[C@@H](C)NC(=O)C2CCC(O)CC2)C(=O)N[C@@H](CC2=CCCCC2)C(=O)[C@@]2(C)CO2)cc1. The van der Waals surface area contributed by atoms with Crippen molar-refractivity contribution in [1.82, 2.24) is 16.0 Å². The summed E-state index contributed by atoms with van der Waals surface area (Å²) < 4.78 is 10.7. The van der Waals surface area contributed by atoms with E-state index in [0.29, 0.717) is 44.5 Å². The number of ether oxygens (including phenoxy) is 2. The quantitative estimate of drug-likeness (QED) is 0.206. The van der Waals surface area contributed by atoms with Gasteiger partial charge in [-0.15, -0.1) is 0 Å². The number of nitrogens with one attached hydrogen (secondary N) is 3. The molecule has 1 heterocycles. The number of aliphatic hydroxyl groups is 1. The number of amides is 3. The summed E-state index contributed by atoms with van der Waals surface area (Å²) in [5, 5.41) is 18.3. The van der Waals surface area contributed by atoms with E-state index in [0.717, 1.165) is 36.8 Å². The minimum Gasteiger partial charge on any atom is -0.497 e. The molecule has 42 heavy (non-hydrogen) atoms. The molecule has 0 spiro atoms. The summed E-state index contributed by atoms with van der Waals surface area (Å²) in [6, 6.07) is 4.57. The monoisotopic (exact) mass is 583 g/mol. The van der Waals surface area contributed by atoms with Crippen LogP contribution in [0.2, 0.25) is 0 Å². The Hall–Kier alpha value is -3.24. The van der Waals surface area contributed by atoms with E-state index in [4.69, 9.17) is 9.47 Å². The summed E-state index contributed by atoms with van der Waals surface area (Å²) in [7, 11) is 1.57. The predicted octanol–water partition coefficient (Wildman–Crippen LogP) is 2.51. The highest BCUT2D eigenvalue weighted by molar-refractivity contribution is 5.98. The normalized spacial score (nSPS) is 25.7. The van der Waals surface area contributed by atoms with E-state index in [9.17, 15) is 24.3 Å². The molecule has 2 aliphatic carbocycles. The highest BCUT2D eigenvalue weighted by Crippen LogP contribution is 2.31. The van der Waals surface area contributed by atoms with Gasteiger partial charge in [0.15, 0.2) is 5.78 Å². The molecule has 1 aromatic rings. The number of ketones is 1. The van der Waals surface area contributed by atoms with E-state index in [1.807, 2.05) is 12.1 Å². The van der Waals surface area contributed by atoms with Crippen molar-refractivity contribution in [2.75, 3.05) is 13.7 Å². The largest absolute Gasteiger partial charge is 0.497 e. The summed E-state index contributed by atoms with van der Waals surface area (Å²) in [4.78, 5) is 53.2. The second kappa shape index (κ2) is 14.3. The summed E-state index contributed by atoms with van der Waals surface area (Å²) in [6.07, 6.45) is 8.63. The summed E-state index contributed by atoms with van der Waals surface area (Å²) in [5.74, 6) is -0.963. The van der Waals surface area contributed by atoms with Crippen LogP contribution in [0.3, 0.4) is 0 Å². The van der Waals surface area contributed by atoms with Gasteiger partial charge in [0.05, 0.1) is 25.9 Å². The maximum Gasteiger partial charge on any atom is 0.243 e. The van der Waals surface area contributed by atoms with E-state index in [-0.39, 0.29) is 30.1 Å². The van der Waals surface area contributed by atoms with Crippen molar-refractivity contribution >= 4 is 23.5 Å². The average Bonchev–Trinajstić information content (AvgIpc) is 3.75. The van der Waals surface area contributed by atoms with Crippen LogP contribution in [0.15, 0.2) is 35.9 Å². The molecule has 1 saturated heterocycles. The van der Waals surface area contributed by atoms with Gasteiger partial charge in [-0.2, -0.15) is 0 Å². The van der Waals surface area contributed by atoms with E-state index in [1.54, 1.807) is 33.1 Å².